The Hall–Kier alpha value is -3.14. The van der Waals surface area contributed by atoms with E-state index in [-0.39, 0.29) is 5.97 Å². The molecule has 0 amide bonds. The lowest BCUT2D eigenvalue weighted by Gasteiger charge is -2.10. The third kappa shape index (κ3) is 7.62. The lowest BCUT2D eigenvalue weighted by Crippen LogP contribution is -2.09. The molecular weight excluding hydrogens is 352 g/mol. The normalized spacial score (nSPS) is 10.6. The van der Waals surface area contributed by atoms with Crippen molar-refractivity contribution in [3.63, 3.8) is 0 Å². The van der Waals surface area contributed by atoms with E-state index in [0.29, 0.717) is 18.6 Å². The first-order valence-electron chi connectivity index (χ1n) is 9.36. The van der Waals surface area contributed by atoms with E-state index in [0.717, 1.165) is 35.6 Å². The molecule has 4 heteroatoms. The van der Waals surface area contributed by atoms with Crippen LogP contribution in [0.3, 0.4) is 0 Å². The maximum absolute atomic E-state index is 12.3. The van der Waals surface area contributed by atoms with Crippen LogP contribution in [-0.2, 0) is 22.4 Å². The van der Waals surface area contributed by atoms with E-state index < -0.39 is 5.97 Å². The predicted molar refractivity (Wildman–Crippen MR) is 111 cm³/mol. The van der Waals surface area contributed by atoms with Crippen molar-refractivity contribution in [2.24, 2.45) is 0 Å². The first-order chi connectivity index (χ1) is 13.4. The molecule has 0 heterocycles. The number of aryl methyl sites for hydroxylation is 1. The molecule has 0 atom stereocenters. The van der Waals surface area contributed by atoms with Gasteiger partial charge in [0.25, 0.3) is 0 Å². The van der Waals surface area contributed by atoms with E-state index in [2.05, 4.69) is 0 Å². The predicted octanol–water partition coefficient (Wildman–Crippen LogP) is 5.22. The minimum atomic E-state index is -1.00. The molecule has 0 spiro atoms. The van der Waals surface area contributed by atoms with E-state index in [9.17, 15) is 9.59 Å². The number of benzene rings is 2. The highest BCUT2D eigenvalue weighted by Gasteiger charge is 2.10. The molecule has 0 unspecified atom stereocenters. The van der Waals surface area contributed by atoms with Crippen molar-refractivity contribution in [1.29, 1.82) is 0 Å². The van der Waals surface area contributed by atoms with Gasteiger partial charge in [-0.3, -0.25) is 4.79 Å². The molecule has 0 bridgehead atoms. The van der Waals surface area contributed by atoms with Gasteiger partial charge in [-0.1, -0.05) is 48.0 Å². The van der Waals surface area contributed by atoms with E-state index >= 15 is 0 Å². The van der Waals surface area contributed by atoms with Gasteiger partial charge in [-0.05, 0) is 68.0 Å². The van der Waals surface area contributed by atoms with E-state index in [1.807, 2.05) is 56.3 Å². The van der Waals surface area contributed by atoms with Crippen LogP contribution in [0.25, 0.3) is 6.08 Å². The lowest BCUT2D eigenvalue weighted by molar-refractivity contribution is -0.134. The van der Waals surface area contributed by atoms with Crippen LogP contribution in [0.2, 0.25) is 0 Å². The molecule has 0 radical (unpaired) electrons. The zero-order valence-electron chi connectivity index (χ0n) is 16.4. The van der Waals surface area contributed by atoms with Crippen molar-refractivity contribution in [3.8, 4) is 5.75 Å². The number of carboxylic acids is 1. The van der Waals surface area contributed by atoms with Gasteiger partial charge in [-0.15, -0.1) is 0 Å². The van der Waals surface area contributed by atoms with Gasteiger partial charge < -0.3 is 9.84 Å². The van der Waals surface area contributed by atoms with Crippen LogP contribution in [0.4, 0.5) is 0 Å². The molecular formula is C24H26O4. The number of carboxylic acid groups (broad SMARTS) is 1. The summed E-state index contributed by atoms with van der Waals surface area (Å²) in [6.45, 7) is 4.01. The highest BCUT2D eigenvalue weighted by Crippen LogP contribution is 2.23. The molecule has 2 aromatic carbocycles. The number of ether oxygens (including phenoxy) is 1. The summed E-state index contributed by atoms with van der Waals surface area (Å²) in [6.07, 6.45) is 7.19. The van der Waals surface area contributed by atoms with E-state index in [1.165, 1.54) is 11.6 Å². The molecule has 4 nitrogen and oxygen atoms in total. The summed E-state index contributed by atoms with van der Waals surface area (Å²) in [5.74, 6) is -0.738. The highest BCUT2D eigenvalue weighted by atomic mass is 16.5. The molecule has 0 aliphatic heterocycles. The second-order valence-corrected chi connectivity index (χ2v) is 6.84. The van der Waals surface area contributed by atoms with Gasteiger partial charge >= 0.3 is 11.9 Å². The molecule has 0 aliphatic carbocycles. The smallest absolute Gasteiger partial charge is 0.328 e. The van der Waals surface area contributed by atoms with Crippen LogP contribution >= 0.6 is 0 Å². The monoisotopic (exact) mass is 378 g/mol. The Bertz CT molecular complexity index is 859. The molecule has 0 saturated heterocycles. The minimum absolute atomic E-state index is 0.261. The molecule has 1 N–H and O–H groups in total. The van der Waals surface area contributed by atoms with Crippen LogP contribution in [-0.4, -0.2) is 17.0 Å². The Kier molecular flexibility index (Phi) is 8.22. The summed E-state index contributed by atoms with van der Waals surface area (Å²) in [5.41, 5.74) is 3.97. The van der Waals surface area contributed by atoms with Crippen molar-refractivity contribution in [1.82, 2.24) is 0 Å². The zero-order chi connectivity index (χ0) is 20.4. The minimum Gasteiger partial charge on any atom is -0.478 e. The fraction of sp³-hybridized carbons (Fsp3) is 0.250. The Labute approximate surface area is 166 Å². The maximum atomic E-state index is 12.3. The van der Waals surface area contributed by atoms with Gasteiger partial charge in [-0.25, -0.2) is 4.79 Å². The number of hydrogen-bond donors (Lipinski definition) is 1. The summed E-state index contributed by atoms with van der Waals surface area (Å²) < 4.78 is 5.59. The van der Waals surface area contributed by atoms with Crippen LogP contribution in [0.15, 0.2) is 66.3 Å². The van der Waals surface area contributed by atoms with Crippen molar-refractivity contribution < 1.29 is 19.4 Å². The third-order valence-electron chi connectivity index (χ3n) is 4.15. The molecule has 28 heavy (non-hydrogen) atoms. The Morgan fingerprint density at radius 3 is 2.50 bits per heavy atom. The molecule has 0 fully saturated rings. The zero-order valence-corrected chi connectivity index (χ0v) is 16.4. The number of hydrogen-bond acceptors (Lipinski definition) is 3. The average Bonchev–Trinajstić information content (AvgIpc) is 2.66. The SMILES string of the molecule is CC(C)=CCc1cc(/C=C/C(=O)O)ccc1OC(=O)CCCc1ccccc1. The molecule has 0 aromatic heterocycles. The second kappa shape index (κ2) is 10.9. The van der Waals surface area contributed by atoms with Crippen molar-refractivity contribution in [2.75, 3.05) is 0 Å². The Balaban J connectivity index is 2.03. The third-order valence-corrected chi connectivity index (χ3v) is 4.15. The number of allylic oxidation sites excluding steroid dienone is 2. The van der Waals surface area contributed by atoms with E-state index in [1.54, 1.807) is 12.1 Å². The quantitative estimate of drug-likeness (QED) is 0.281. The molecule has 2 aromatic rings. The van der Waals surface area contributed by atoms with Gasteiger partial charge in [-0.2, -0.15) is 0 Å². The fourth-order valence-corrected chi connectivity index (χ4v) is 2.70. The molecule has 0 saturated carbocycles. The molecule has 146 valence electrons. The number of carbonyl (C=O) groups is 2. The van der Waals surface area contributed by atoms with Crippen LogP contribution in [0, 0.1) is 0 Å². The first kappa shape index (κ1) is 21.2. The van der Waals surface area contributed by atoms with Crippen molar-refractivity contribution in [3.05, 3.63) is 82.9 Å². The van der Waals surface area contributed by atoms with Gasteiger partial charge in [0.2, 0.25) is 0 Å². The Morgan fingerprint density at radius 2 is 1.82 bits per heavy atom. The van der Waals surface area contributed by atoms with Crippen LogP contribution < -0.4 is 4.74 Å². The highest BCUT2D eigenvalue weighted by molar-refractivity contribution is 5.85. The number of aliphatic carboxylic acids is 1. The average molecular weight is 378 g/mol. The maximum Gasteiger partial charge on any atom is 0.328 e. The standard InChI is InChI=1S/C24H26O4/c1-18(2)11-14-21-17-20(13-16-23(25)26)12-15-22(21)28-24(27)10-6-9-19-7-4-3-5-8-19/h3-5,7-8,11-13,15-17H,6,9-10,14H2,1-2H3,(H,25,26)/b16-13+. The summed E-state index contributed by atoms with van der Waals surface area (Å²) in [7, 11) is 0. The van der Waals surface area contributed by atoms with Crippen molar-refractivity contribution >= 4 is 18.0 Å². The van der Waals surface area contributed by atoms with Crippen LogP contribution in [0.5, 0.6) is 5.75 Å². The lowest BCUT2D eigenvalue weighted by atomic mass is 10.0. The summed E-state index contributed by atoms with van der Waals surface area (Å²) in [5, 5.41) is 8.79. The fourth-order valence-electron chi connectivity index (χ4n) is 2.70. The largest absolute Gasteiger partial charge is 0.478 e. The van der Waals surface area contributed by atoms with Gasteiger partial charge in [0, 0.05) is 12.5 Å². The van der Waals surface area contributed by atoms with Gasteiger partial charge in [0.1, 0.15) is 5.75 Å². The van der Waals surface area contributed by atoms with Crippen LogP contribution in [0.1, 0.15) is 43.4 Å². The first-order valence-corrected chi connectivity index (χ1v) is 9.36. The van der Waals surface area contributed by atoms with Crippen molar-refractivity contribution in [2.45, 2.75) is 39.5 Å². The summed E-state index contributed by atoms with van der Waals surface area (Å²) >= 11 is 0. The van der Waals surface area contributed by atoms with Gasteiger partial charge in [0.05, 0.1) is 0 Å². The Morgan fingerprint density at radius 1 is 1.07 bits per heavy atom. The van der Waals surface area contributed by atoms with Gasteiger partial charge in [0.15, 0.2) is 0 Å². The second-order valence-electron chi connectivity index (χ2n) is 6.84. The number of rotatable bonds is 9. The number of esters is 1. The van der Waals surface area contributed by atoms with E-state index in [4.69, 9.17) is 9.84 Å². The summed E-state index contributed by atoms with van der Waals surface area (Å²) in [6, 6.07) is 15.4. The molecule has 2 rings (SSSR count). The molecule has 0 aliphatic rings. The number of carbonyl (C=O) groups excluding carboxylic acids is 1. The summed E-state index contributed by atoms with van der Waals surface area (Å²) in [4.78, 5) is 23.0. The topological polar surface area (TPSA) is 63.6 Å².